The average molecular weight is 267 g/mol. The molecule has 2 nitrogen and oxygen atoms in total. The molecule has 1 rings (SSSR count). The van der Waals surface area contributed by atoms with Crippen LogP contribution in [0.1, 0.15) is 25.3 Å². The van der Waals surface area contributed by atoms with Crippen LogP contribution in [0.3, 0.4) is 0 Å². The number of nitriles is 1. The summed E-state index contributed by atoms with van der Waals surface area (Å²) in [6.45, 7) is 3.23. The summed E-state index contributed by atoms with van der Waals surface area (Å²) in [6, 6.07) is 7.97. The SMILES string of the molecule is CCCCN(C)c1ccc(C#N)c(Br)c1. The molecule has 0 fully saturated rings. The molecule has 3 heteroatoms. The number of anilines is 1. The number of unbranched alkanes of at least 4 members (excludes halogenated alkanes) is 1. The van der Waals surface area contributed by atoms with E-state index in [9.17, 15) is 0 Å². The van der Waals surface area contributed by atoms with Gasteiger partial charge < -0.3 is 4.90 Å². The molecule has 0 atom stereocenters. The summed E-state index contributed by atoms with van der Waals surface area (Å²) in [4.78, 5) is 2.20. The van der Waals surface area contributed by atoms with Crippen LogP contribution in [0.25, 0.3) is 0 Å². The minimum absolute atomic E-state index is 0.683. The lowest BCUT2D eigenvalue weighted by Gasteiger charge is -2.19. The van der Waals surface area contributed by atoms with Crippen LogP contribution < -0.4 is 4.90 Å². The van der Waals surface area contributed by atoms with Gasteiger partial charge in [-0.05, 0) is 40.5 Å². The normalized spacial score (nSPS) is 9.73. The highest BCUT2D eigenvalue weighted by molar-refractivity contribution is 9.10. The van der Waals surface area contributed by atoms with Crippen LogP contribution in [0, 0.1) is 11.3 Å². The maximum Gasteiger partial charge on any atom is 0.100 e. The molecule has 0 amide bonds. The van der Waals surface area contributed by atoms with Crippen molar-refractivity contribution in [3.63, 3.8) is 0 Å². The molecule has 0 spiro atoms. The molecule has 0 aliphatic rings. The van der Waals surface area contributed by atoms with Crippen LogP contribution in [0.15, 0.2) is 22.7 Å². The fourth-order valence-corrected chi connectivity index (χ4v) is 1.81. The Hall–Kier alpha value is -1.01. The van der Waals surface area contributed by atoms with Gasteiger partial charge in [0.15, 0.2) is 0 Å². The van der Waals surface area contributed by atoms with E-state index in [4.69, 9.17) is 5.26 Å². The molecule has 0 unspecified atom stereocenters. The number of halogens is 1. The van der Waals surface area contributed by atoms with E-state index in [2.05, 4.69) is 40.9 Å². The van der Waals surface area contributed by atoms with Crippen LogP contribution in [0.4, 0.5) is 5.69 Å². The molecule has 1 aromatic rings. The van der Waals surface area contributed by atoms with Gasteiger partial charge in [-0.3, -0.25) is 0 Å². The van der Waals surface area contributed by atoms with Crippen molar-refractivity contribution in [2.24, 2.45) is 0 Å². The number of hydrogen-bond acceptors (Lipinski definition) is 2. The summed E-state index contributed by atoms with van der Waals surface area (Å²) in [5, 5.41) is 8.80. The van der Waals surface area contributed by atoms with Crippen molar-refractivity contribution in [1.29, 1.82) is 5.26 Å². The molecule has 0 N–H and O–H groups in total. The predicted octanol–water partition coefficient (Wildman–Crippen LogP) is 3.56. The smallest absolute Gasteiger partial charge is 0.100 e. The van der Waals surface area contributed by atoms with Crippen LogP contribution in [0.2, 0.25) is 0 Å². The van der Waals surface area contributed by atoms with Gasteiger partial charge >= 0.3 is 0 Å². The maximum atomic E-state index is 8.80. The Balaban J connectivity index is 2.79. The van der Waals surface area contributed by atoms with Gasteiger partial charge in [-0.1, -0.05) is 13.3 Å². The second-order valence-electron chi connectivity index (χ2n) is 3.55. The lowest BCUT2D eigenvalue weighted by atomic mass is 10.2. The summed E-state index contributed by atoms with van der Waals surface area (Å²) in [6.07, 6.45) is 2.38. The third-order valence-electron chi connectivity index (χ3n) is 2.36. The number of nitrogens with zero attached hydrogens (tertiary/aromatic N) is 2. The number of hydrogen-bond donors (Lipinski definition) is 0. The zero-order chi connectivity index (χ0) is 11.3. The highest BCUT2D eigenvalue weighted by Gasteiger charge is 2.03. The predicted molar refractivity (Wildman–Crippen MR) is 67.0 cm³/mol. The van der Waals surface area contributed by atoms with Gasteiger partial charge in [0.1, 0.15) is 6.07 Å². The Kier molecular flexibility index (Phi) is 4.64. The van der Waals surface area contributed by atoms with Crippen molar-refractivity contribution < 1.29 is 0 Å². The molecule has 0 aliphatic carbocycles. The van der Waals surface area contributed by atoms with Crippen molar-refractivity contribution >= 4 is 21.6 Å². The Bertz CT molecular complexity index is 368. The molecule has 0 heterocycles. The Morgan fingerprint density at radius 3 is 2.73 bits per heavy atom. The highest BCUT2D eigenvalue weighted by Crippen LogP contribution is 2.23. The standard InChI is InChI=1S/C12H15BrN2/c1-3-4-7-15(2)11-6-5-10(9-14)12(13)8-11/h5-6,8H,3-4,7H2,1-2H3. The fourth-order valence-electron chi connectivity index (χ4n) is 1.36. The number of rotatable bonds is 4. The second kappa shape index (κ2) is 5.77. The third-order valence-corrected chi connectivity index (χ3v) is 3.02. The van der Waals surface area contributed by atoms with Crippen LogP contribution in [-0.2, 0) is 0 Å². The van der Waals surface area contributed by atoms with Gasteiger partial charge in [0.05, 0.1) is 5.56 Å². The lowest BCUT2D eigenvalue weighted by Crippen LogP contribution is -2.18. The molecule has 0 saturated heterocycles. The van der Waals surface area contributed by atoms with Crippen molar-refractivity contribution in [1.82, 2.24) is 0 Å². The zero-order valence-electron chi connectivity index (χ0n) is 9.13. The lowest BCUT2D eigenvalue weighted by molar-refractivity contribution is 0.766. The first-order valence-electron chi connectivity index (χ1n) is 5.09. The first-order valence-corrected chi connectivity index (χ1v) is 5.89. The summed E-state index contributed by atoms with van der Waals surface area (Å²) in [5.74, 6) is 0. The Labute approximate surface area is 99.6 Å². The van der Waals surface area contributed by atoms with Crippen LogP contribution >= 0.6 is 15.9 Å². The minimum atomic E-state index is 0.683. The van der Waals surface area contributed by atoms with E-state index in [1.165, 1.54) is 12.8 Å². The fraction of sp³-hybridized carbons (Fsp3) is 0.417. The second-order valence-corrected chi connectivity index (χ2v) is 4.41. The van der Waals surface area contributed by atoms with E-state index < -0.39 is 0 Å². The molecule has 1 aromatic carbocycles. The first-order chi connectivity index (χ1) is 7.19. The summed E-state index contributed by atoms with van der Waals surface area (Å²) in [5.41, 5.74) is 1.83. The van der Waals surface area contributed by atoms with Crippen LogP contribution in [-0.4, -0.2) is 13.6 Å². The van der Waals surface area contributed by atoms with Gasteiger partial charge in [0.25, 0.3) is 0 Å². The zero-order valence-corrected chi connectivity index (χ0v) is 10.7. The van der Waals surface area contributed by atoms with Gasteiger partial charge in [-0.25, -0.2) is 0 Å². The molecule has 15 heavy (non-hydrogen) atoms. The van der Waals surface area contributed by atoms with E-state index in [1.54, 1.807) is 0 Å². The maximum absolute atomic E-state index is 8.80. The van der Waals surface area contributed by atoms with Gasteiger partial charge in [0.2, 0.25) is 0 Å². The average Bonchev–Trinajstić information content (AvgIpc) is 2.25. The number of benzene rings is 1. The van der Waals surface area contributed by atoms with E-state index in [-0.39, 0.29) is 0 Å². The van der Waals surface area contributed by atoms with E-state index in [1.807, 2.05) is 18.2 Å². The summed E-state index contributed by atoms with van der Waals surface area (Å²) < 4.78 is 0.867. The van der Waals surface area contributed by atoms with E-state index in [0.717, 1.165) is 16.7 Å². The van der Waals surface area contributed by atoms with Crippen molar-refractivity contribution in [3.05, 3.63) is 28.2 Å². The molecule has 0 aliphatic heterocycles. The van der Waals surface area contributed by atoms with E-state index in [0.29, 0.717) is 5.56 Å². The van der Waals surface area contributed by atoms with Crippen molar-refractivity contribution in [2.75, 3.05) is 18.5 Å². The van der Waals surface area contributed by atoms with Gasteiger partial charge in [-0.2, -0.15) is 5.26 Å². The molecule has 0 radical (unpaired) electrons. The van der Waals surface area contributed by atoms with Crippen LogP contribution in [0.5, 0.6) is 0 Å². The quantitative estimate of drug-likeness (QED) is 0.834. The van der Waals surface area contributed by atoms with Gasteiger partial charge in [0, 0.05) is 23.8 Å². The minimum Gasteiger partial charge on any atom is -0.375 e. The molecule has 80 valence electrons. The van der Waals surface area contributed by atoms with Crippen molar-refractivity contribution in [2.45, 2.75) is 19.8 Å². The topological polar surface area (TPSA) is 27.0 Å². The molecule has 0 aromatic heterocycles. The van der Waals surface area contributed by atoms with E-state index >= 15 is 0 Å². The molecular weight excluding hydrogens is 252 g/mol. The molecule has 0 saturated carbocycles. The Morgan fingerprint density at radius 1 is 1.47 bits per heavy atom. The highest BCUT2D eigenvalue weighted by atomic mass is 79.9. The van der Waals surface area contributed by atoms with Crippen molar-refractivity contribution in [3.8, 4) is 6.07 Å². The first kappa shape index (κ1) is 12.1. The third kappa shape index (κ3) is 3.24. The molecule has 0 bridgehead atoms. The summed E-state index contributed by atoms with van der Waals surface area (Å²) >= 11 is 3.39. The molecular formula is C12H15BrN2. The van der Waals surface area contributed by atoms with Gasteiger partial charge in [-0.15, -0.1) is 0 Å². The monoisotopic (exact) mass is 266 g/mol. The Morgan fingerprint density at radius 2 is 2.20 bits per heavy atom. The summed E-state index contributed by atoms with van der Waals surface area (Å²) in [7, 11) is 2.07. The largest absolute Gasteiger partial charge is 0.375 e.